The molecule has 0 heterocycles. The number of thiol groups is 1. The minimum absolute atomic E-state index is 0.351. The molecular weight excluding hydrogens is 186 g/mol. The van der Waals surface area contributed by atoms with Crippen LogP contribution in [0.1, 0.15) is 5.56 Å². The Balaban J connectivity index is 2.64. The molecule has 0 radical (unpaired) electrons. The molecule has 0 aliphatic rings. The monoisotopic (exact) mass is 197 g/mol. The van der Waals surface area contributed by atoms with Crippen LogP contribution >= 0.6 is 12.6 Å². The summed E-state index contributed by atoms with van der Waals surface area (Å²) in [5, 5.41) is 8.56. The van der Waals surface area contributed by atoms with Crippen molar-refractivity contribution in [1.82, 2.24) is 0 Å². The molecule has 4 heteroatoms. The van der Waals surface area contributed by atoms with Crippen LogP contribution in [0.2, 0.25) is 0 Å². The zero-order valence-corrected chi connectivity index (χ0v) is 7.87. The van der Waals surface area contributed by atoms with Gasteiger partial charge in [-0.25, -0.2) is 0 Å². The van der Waals surface area contributed by atoms with Gasteiger partial charge in [-0.05, 0) is 24.1 Å². The number of carboxylic acids is 1. The van der Waals surface area contributed by atoms with Crippen molar-refractivity contribution < 1.29 is 9.90 Å². The van der Waals surface area contributed by atoms with E-state index in [9.17, 15) is 4.79 Å². The summed E-state index contributed by atoms with van der Waals surface area (Å²) in [4.78, 5) is 11.3. The number of hydrogen-bond acceptors (Lipinski definition) is 3. The molecule has 1 atom stereocenters. The molecule has 0 spiro atoms. The highest BCUT2D eigenvalue weighted by Crippen LogP contribution is 2.08. The van der Waals surface area contributed by atoms with Gasteiger partial charge in [-0.1, -0.05) is 12.1 Å². The van der Waals surface area contributed by atoms with Gasteiger partial charge < -0.3 is 10.8 Å². The van der Waals surface area contributed by atoms with Crippen LogP contribution in [-0.4, -0.2) is 17.1 Å². The van der Waals surface area contributed by atoms with E-state index in [1.54, 1.807) is 0 Å². The number of hydrogen-bond donors (Lipinski definition) is 3. The quantitative estimate of drug-likeness (QED) is 0.632. The van der Waals surface area contributed by atoms with Crippen LogP contribution < -0.4 is 5.73 Å². The molecule has 0 saturated carbocycles. The normalized spacial score (nSPS) is 12.5. The maximum Gasteiger partial charge on any atom is 0.320 e. The predicted octanol–water partition coefficient (Wildman–Crippen LogP) is 0.930. The number of carbonyl (C=O) groups is 1. The topological polar surface area (TPSA) is 63.3 Å². The zero-order valence-electron chi connectivity index (χ0n) is 6.97. The lowest BCUT2D eigenvalue weighted by Gasteiger charge is -2.05. The second kappa shape index (κ2) is 4.30. The number of aliphatic carboxylic acids is 1. The third kappa shape index (κ3) is 3.08. The molecule has 0 aliphatic carbocycles. The van der Waals surface area contributed by atoms with Crippen LogP contribution in [0.15, 0.2) is 29.2 Å². The summed E-state index contributed by atoms with van der Waals surface area (Å²) in [6, 6.07) is 6.45. The summed E-state index contributed by atoms with van der Waals surface area (Å²) >= 11 is 4.12. The summed E-state index contributed by atoms with van der Waals surface area (Å²) in [5.41, 5.74) is 6.28. The average molecular weight is 197 g/mol. The van der Waals surface area contributed by atoms with E-state index >= 15 is 0 Å². The lowest BCUT2D eigenvalue weighted by molar-refractivity contribution is -0.138. The van der Waals surface area contributed by atoms with Crippen molar-refractivity contribution in [3.8, 4) is 0 Å². The fourth-order valence-corrected chi connectivity index (χ4v) is 1.12. The van der Waals surface area contributed by atoms with E-state index in [1.165, 1.54) is 0 Å². The molecule has 70 valence electrons. The summed E-state index contributed by atoms with van der Waals surface area (Å²) < 4.78 is 0. The lowest BCUT2D eigenvalue weighted by atomic mass is 10.1. The molecule has 3 N–H and O–H groups in total. The molecule has 3 nitrogen and oxygen atoms in total. The highest BCUT2D eigenvalue weighted by molar-refractivity contribution is 7.80. The SMILES string of the molecule is N[C@H](Cc1ccc(S)cc1)C(=O)O. The number of benzene rings is 1. The fraction of sp³-hybridized carbons (Fsp3) is 0.222. The lowest BCUT2D eigenvalue weighted by Crippen LogP contribution is -2.32. The Kier molecular flexibility index (Phi) is 3.33. The molecule has 0 saturated heterocycles. The standard InChI is InChI=1S/C9H11NO2S/c10-8(9(11)12)5-6-1-3-7(13)4-2-6/h1-4,8,13H,5,10H2,(H,11,12)/t8-/m1/s1. The molecule has 1 aromatic rings. The maximum atomic E-state index is 10.4. The molecule has 0 aliphatic heterocycles. The van der Waals surface area contributed by atoms with E-state index in [1.807, 2.05) is 24.3 Å². The highest BCUT2D eigenvalue weighted by atomic mass is 32.1. The number of nitrogens with two attached hydrogens (primary N) is 1. The first-order valence-corrected chi connectivity index (χ1v) is 4.30. The first kappa shape index (κ1) is 10.1. The molecule has 13 heavy (non-hydrogen) atoms. The van der Waals surface area contributed by atoms with Crippen molar-refractivity contribution in [2.75, 3.05) is 0 Å². The van der Waals surface area contributed by atoms with Crippen LogP contribution in [-0.2, 0) is 11.2 Å². The van der Waals surface area contributed by atoms with Crippen molar-refractivity contribution in [3.05, 3.63) is 29.8 Å². The summed E-state index contributed by atoms with van der Waals surface area (Å²) in [6.07, 6.45) is 0.351. The van der Waals surface area contributed by atoms with E-state index in [-0.39, 0.29) is 0 Å². The fourth-order valence-electron chi connectivity index (χ4n) is 0.973. The maximum absolute atomic E-state index is 10.4. The first-order chi connectivity index (χ1) is 6.09. The van der Waals surface area contributed by atoms with Crippen molar-refractivity contribution in [2.24, 2.45) is 5.73 Å². The summed E-state index contributed by atoms with van der Waals surface area (Å²) in [6.45, 7) is 0. The van der Waals surface area contributed by atoms with Crippen LogP contribution in [0.5, 0.6) is 0 Å². The Morgan fingerprint density at radius 2 is 2.00 bits per heavy atom. The molecular formula is C9H11NO2S. The minimum Gasteiger partial charge on any atom is -0.480 e. The van der Waals surface area contributed by atoms with Crippen molar-refractivity contribution in [3.63, 3.8) is 0 Å². The van der Waals surface area contributed by atoms with Crippen molar-refractivity contribution in [1.29, 1.82) is 0 Å². The summed E-state index contributed by atoms with van der Waals surface area (Å²) in [5.74, 6) is -0.977. The van der Waals surface area contributed by atoms with Crippen LogP contribution in [0.3, 0.4) is 0 Å². The molecule has 0 amide bonds. The largest absolute Gasteiger partial charge is 0.480 e. The van der Waals surface area contributed by atoms with Gasteiger partial charge in [0.05, 0.1) is 0 Å². The first-order valence-electron chi connectivity index (χ1n) is 3.86. The predicted molar refractivity (Wildman–Crippen MR) is 53.0 cm³/mol. The third-order valence-corrected chi connectivity index (χ3v) is 2.01. The van der Waals surface area contributed by atoms with Gasteiger partial charge in [0, 0.05) is 4.90 Å². The van der Waals surface area contributed by atoms with Gasteiger partial charge in [0.15, 0.2) is 0 Å². The molecule has 0 bridgehead atoms. The Morgan fingerprint density at radius 3 is 2.46 bits per heavy atom. The second-order valence-electron chi connectivity index (χ2n) is 2.82. The Hall–Kier alpha value is -1.00. The molecule has 0 unspecified atom stereocenters. The summed E-state index contributed by atoms with van der Waals surface area (Å²) in [7, 11) is 0. The van der Waals surface area contributed by atoms with E-state index in [4.69, 9.17) is 10.8 Å². The highest BCUT2D eigenvalue weighted by Gasteiger charge is 2.11. The van der Waals surface area contributed by atoms with Gasteiger partial charge in [-0.2, -0.15) is 0 Å². The Morgan fingerprint density at radius 1 is 1.46 bits per heavy atom. The third-order valence-electron chi connectivity index (χ3n) is 1.71. The van der Waals surface area contributed by atoms with Gasteiger partial charge in [-0.3, -0.25) is 4.79 Å². The van der Waals surface area contributed by atoms with Crippen LogP contribution in [0.25, 0.3) is 0 Å². The molecule has 1 aromatic carbocycles. The second-order valence-corrected chi connectivity index (χ2v) is 3.33. The van der Waals surface area contributed by atoms with E-state index < -0.39 is 12.0 Å². The van der Waals surface area contributed by atoms with E-state index in [2.05, 4.69) is 12.6 Å². The smallest absolute Gasteiger partial charge is 0.320 e. The van der Waals surface area contributed by atoms with Gasteiger partial charge in [0.1, 0.15) is 6.04 Å². The number of rotatable bonds is 3. The van der Waals surface area contributed by atoms with Gasteiger partial charge in [0.25, 0.3) is 0 Å². The van der Waals surface area contributed by atoms with Gasteiger partial charge >= 0.3 is 5.97 Å². The van der Waals surface area contributed by atoms with Crippen LogP contribution in [0.4, 0.5) is 0 Å². The van der Waals surface area contributed by atoms with Crippen LogP contribution in [0, 0.1) is 0 Å². The van der Waals surface area contributed by atoms with E-state index in [0.29, 0.717) is 6.42 Å². The average Bonchev–Trinajstić information content (AvgIpc) is 2.08. The Bertz CT molecular complexity index is 297. The molecule has 0 fully saturated rings. The van der Waals surface area contributed by atoms with Gasteiger partial charge in [0.2, 0.25) is 0 Å². The van der Waals surface area contributed by atoms with Crippen molar-refractivity contribution >= 4 is 18.6 Å². The minimum atomic E-state index is -0.977. The Labute approximate surface area is 82.0 Å². The van der Waals surface area contributed by atoms with Gasteiger partial charge in [-0.15, -0.1) is 12.6 Å². The van der Waals surface area contributed by atoms with Crippen molar-refractivity contribution in [2.45, 2.75) is 17.4 Å². The number of carboxylic acid groups (broad SMARTS) is 1. The van der Waals surface area contributed by atoms with E-state index in [0.717, 1.165) is 10.5 Å². The molecule has 1 rings (SSSR count). The molecule has 0 aromatic heterocycles. The zero-order chi connectivity index (χ0) is 9.84.